The first kappa shape index (κ1) is 12.8. The predicted molar refractivity (Wildman–Crippen MR) is 65.1 cm³/mol. The number of nitrogens with one attached hydrogen (secondary N) is 1. The Labute approximate surface area is 106 Å². The normalized spacial score (nSPS) is 19.5. The summed E-state index contributed by atoms with van der Waals surface area (Å²) in [5, 5.41) is 18.6. The van der Waals surface area contributed by atoms with Crippen LogP contribution in [0.2, 0.25) is 5.02 Å². The molecule has 96 valence electrons. The molecular weight excluding hydrogens is 242 g/mol. The van der Waals surface area contributed by atoms with Crippen LogP contribution in [0.3, 0.4) is 0 Å². The number of hydrogen-bond acceptors (Lipinski definition) is 4. The first-order valence-corrected chi connectivity index (χ1v) is 6.19. The Morgan fingerprint density at radius 1 is 1.59 bits per heavy atom. The highest BCUT2D eigenvalue weighted by molar-refractivity contribution is 6.31. The molecule has 2 rings (SSSR count). The van der Waals surface area contributed by atoms with E-state index in [0.29, 0.717) is 31.0 Å². The van der Waals surface area contributed by atoms with Crippen molar-refractivity contribution >= 4 is 11.6 Å². The third-order valence-electron chi connectivity index (χ3n) is 3.17. The van der Waals surface area contributed by atoms with Gasteiger partial charge in [0.2, 0.25) is 0 Å². The quantitative estimate of drug-likeness (QED) is 0.838. The maximum absolute atomic E-state index is 10.7. The molecule has 1 aliphatic heterocycles. The van der Waals surface area contributed by atoms with Crippen LogP contribution in [-0.2, 0) is 16.9 Å². The zero-order valence-corrected chi connectivity index (χ0v) is 10.7. The molecule has 5 nitrogen and oxygen atoms in total. The second-order valence-electron chi connectivity index (χ2n) is 4.34. The monoisotopic (exact) mass is 259 g/mol. The van der Waals surface area contributed by atoms with Crippen molar-refractivity contribution in [3.05, 3.63) is 16.9 Å². The molecule has 1 aliphatic rings. The minimum atomic E-state index is -0.868. The van der Waals surface area contributed by atoms with Crippen molar-refractivity contribution in [1.29, 1.82) is 0 Å². The highest BCUT2D eigenvalue weighted by Crippen LogP contribution is 2.34. The molecule has 17 heavy (non-hydrogen) atoms. The Bertz CT molecular complexity index is 375. The Balaban J connectivity index is 2.25. The van der Waals surface area contributed by atoms with Crippen molar-refractivity contribution < 1.29 is 9.84 Å². The minimum Gasteiger partial charge on any atom is -0.383 e. The molecule has 2 N–H and O–H groups in total. The molecule has 0 spiro atoms. The van der Waals surface area contributed by atoms with Crippen molar-refractivity contribution in [2.24, 2.45) is 0 Å². The van der Waals surface area contributed by atoms with Gasteiger partial charge in [0.15, 0.2) is 0 Å². The summed E-state index contributed by atoms with van der Waals surface area (Å²) in [6, 6.07) is 0. The summed E-state index contributed by atoms with van der Waals surface area (Å²) < 4.78 is 6.78. The van der Waals surface area contributed by atoms with Gasteiger partial charge in [-0.25, -0.2) is 0 Å². The van der Waals surface area contributed by atoms with E-state index < -0.39 is 5.60 Å². The summed E-state index contributed by atoms with van der Waals surface area (Å²) in [5.74, 6) is 0. The molecule has 0 unspecified atom stereocenters. The van der Waals surface area contributed by atoms with Gasteiger partial charge >= 0.3 is 0 Å². The van der Waals surface area contributed by atoms with Crippen LogP contribution in [0.5, 0.6) is 0 Å². The highest BCUT2D eigenvalue weighted by atomic mass is 35.5. The standard InChI is InChI=1S/C11H18ClN3O2/c1-17-7-6-15-10(9(12)8-14-15)11(16)2-4-13-5-3-11/h8,13,16H,2-7H2,1H3. The molecule has 0 bridgehead atoms. The van der Waals surface area contributed by atoms with Gasteiger partial charge in [0.25, 0.3) is 0 Å². The summed E-state index contributed by atoms with van der Waals surface area (Å²) in [6.07, 6.45) is 2.91. The summed E-state index contributed by atoms with van der Waals surface area (Å²) >= 11 is 6.14. The fourth-order valence-electron chi connectivity index (χ4n) is 2.25. The van der Waals surface area contributed by atoms with Gasteiger partial charge in [-0.15, -0.1) is 0 Å². The van der Waals surface area contributed by atoms with Gasteiger partial charge in [-0.3, -0.25) is 4.68 Å². The lowest BCUT2D eigenvalue weighted by Crippen LogP contribution is -2.41. The third-order valence-corrected chi connectivity index (χ3v) is 3.45. The Kier molecular flexibility index (Phi) is 4.04. The van der Waals surface area contributed by atoms with E-state index in [1.807, 2.05) is 0 Å². The number of piperidine rings is 1. The first-order valence-electron chi connectivity index (χ1n) is 5.81. The van der Waals surface area contributed by atoms with Crippen LogP contribution in [0.25, 0.3) is 0 Å². The lowest BCUT2D eigenvalue weighted by atomic mass is 9.89. The largest absolute Gasteiger partial charge is 0.383 e. The summed E-state index contributed by atoms with van der Waals surface area (Å²) in [6.45, 7) is 2.75. The molecule has 2 heterocycles. The summed E-state index contributed by atoms with van der Waals surface area (Å²) in [5.41, 5.74) is -0.148. The van der Waals surface area contributed by atoms with E-state index in [-0.39, 0.29) is 0 Å². The molecule has 0 aliphatic carbocycles. The van der Waals surface area contributed by atoms with Crippen LogP contribution in [0.15, 0.2) is 6.20 Å². The van der Waals surface area contributed by atoms with Crippen LogP contribution < -0.4 is 5.32 Å². The van der Waals surface area contributed by atoms with Crippen LogP contribution in [0.1, 0.15) is 18.5 Å². The van der Waals surface area contributed by atoms with Crippen molar-refractivity contribution in [2.75, 3.05) is 26.8 Å². The van der Waals surface area contributed by atoms with Gasteiger partial charge in [0.1, 0.15) is 5.60 Å². The van der Waals surface area contributed by atoms with Gasteiger partial charge in [0, 0.05) is 7.11 Å². The molecule has 1 aromatic heterocycles. The van der Waals surface area contributed by atoms with Gasteiger partial charge in [-0.05, 0) is 25.9 Å². The number of methoxy groups -OCH3 is 1. The van der Waals surface area contributed by atoms with Crippen LogP contribution in [-0.4, -0.2) is 41.7 Å². The Hall–Kier alpha value is -0.620. The maximum atomic E-state index is 10.7. The van der Waals surface area contributed by atoms with Gasteiger partial charge in [-0.2, -0.15) is 5.10 Å². The van der Waals surface area contributed by atoms with Crippen LogP contribution in [0.4, 0.5) is 0 Å². The molecular formula is C11H18ClN3O2. The van der Waals surface area contributed by atoms with E-state index in [1.165, 1.54) is 0 Å². The number of ether oxygens (including phenoxy) is 1. The second kappa shape index (κ2) is 5.35. The van der Waals surface area contributed by atoms with Gasteiger partial charge in [-0.1, -0.05) is 11.6 Å². The molecule has 1 aromatic rings. The Morgan fingerprint density at radius 2 is 2.29 bits per heavy atom. The van der Waals surface area contributed by atoms with Crippen molar-refractivity contribution in [1.82, 2.24) is 15.1 Å². The molecule has 0 amide bonds. The lowest BCUT2D eigenvalue weighted by Gasteiger charge is -2.33. The summed E-state index contributed by atoms with van der Waals surface area (Å²) in [7, 11) is 1.64. The molecule has 1 saturated heterocycles. The molecule has 0 saturated carbocycles. The number of aromatic nitrogens is 2. The number of rotatable bonds is 4. The third kappa shape index (κ3) is 2.63. The lowest BCUT2D eigenvalue weighted by molar-refractivity contribution is -0.00322. The molecule has 0 atom stereocenters. The number of aliphatic hydroxyl groups is 1. The van der Waals surface area contributed by atoms with E-state index in [1.54, 1.807) is 18.0 Å². The SMILES string of the molecule is COCCn1ncc(Cl)c1C1(O)CCNCC1. The highest BCUT2D eigenvalue weighted by Gasteiger charge is 2.36. The topological polar surface area (TPSA) is 59.3 Å². The number of halogens is 1. The predicted octanol–water partition coefficient (Wildman–Crippen LogP) is 0.754. The average molecular weight is 260 g/mol. The summed E-state index contributed by atoms with van der Waals surface area (Å²) in [4.78, 5) is 0. The van der Waals surface area contributed by atoms with Gasteiger partial charge in [0.05, 0.1) is 30.1 Å². The second-order valence-corrected chi connectivity index (χ2v) is 4.75. The van der Waals surface area contributed by atoms with Crippen molar-refractivity contribution in [2.45, 2.75) is 25.0 Å². The van der Waals surface area contributed by atoms with E-state index in [2.05, 4.69) is 10.4 Å². The minimum absolute atomic E-state index is 0.533. The molecule has 6 heteroatoms. The zero-order chi connectivity index (χ0) is 12.3. The van der Waals surface area contributed by atoms with Crippen LogP contribution >= 0.6 is 11.6 Å². The molecule has 1 fully saturated rings. The van der Waals surface area contributed by atoms with Crippen LogP contribution in [0, 0.1) is 0 Å². The first-order chi connectivity index (χ1) is 8.17. The fourth-order valence-corrected chi connectivity index (χ4v) is 2.57. The zero-order valence-electron chi connectivity index (χ0n) is 9.95. The fraction of sp³-hybridized carbons (Fsp3) is 0.727. The number of nitrogens with zero attached hydrogens (tertiary/aromatic N) is 2. The van der Waals surface area contributed by atoms with Gasteiger partial charge < -0.3 is 15.2 Å². The van der Waals surface area contributed by atoms with Crippen molar-refractivity contribution in [3.63, 3.8) is 0 Å². The van der Waals surface area contributed by atoms with E-state index >= 15 is 0 Å². The van der Waals surface area contributed by atoms with Crippen molar-refractivity contribution in [3.8, 4) is 0 Å². The average Bonchev–Trinajstić information content (AvgIpc) is 2.69. The molecule has 0 radical (unpaired) electrons. The Morgan fingerprint density at radius 3 is 2.94 bits per heavy atom. The smallest absolute Gasteiger partial charge is 0.110 e. The molecule has 0 aromatic carbocycles. The van der Waals surface area contributed by atoms with E-state index in [9.17, 15) is 5.11 Å². The van der Waals surface area contributed by atoms with E-state index in [0.717, 1.165) is 18.8 Å². The maximum Gasteiger partial charge on any atom is 0.110 e. The van der Waals surface area contributed by atoms with E-state index in [4.69, 9.17) is 16.3 Å². The number of hydrogen-bond donors (Lipinski definition) is 2.